The summed E-state index contributed by atoms with van der Waals surface area (Å²) in [6.07, 6.45) is 1.87. The maximum absolute atomic E-state index is 6.09. The molecule has 2 N–H and O–H groups in total. The Bertz CT molecular complexity index is 714. The number of benzene rings is 1. The van der Waals surface area contributed by atoms with E-state index in [-0.39, 0.29) is 0 Å². The van der Waals surface area contributed by atoms with Gasteiger partial charge in [0.25, 0.3) is 0 Å². The number of aromatic nitrogens is 2. The predicted octanol–water partition coefficient (Wildman–Crippen LogP) is 3.89. The second kappa shape index (κ2) is 4.19. The van der Waals surface area contributed by atoms with Crippen LogP contribution in [0.4, 0.5) is 5.82 Å². The fourth-order valence-corrected chi connectivity index (χ4v) is 2.44. The zero-order valence-electron chi connectivity index (χ0n) is 9.27. The number of halogens is 2. The lowest BCUT2D eigenvalue weighted by atomic mass is 10.1. The number of anilines is 1. The largest absolute Gasteiger partial charge is 0.383 e. The molecule has 0 spiro atoms. The highest BCUT2D eigenvalue weighted by Gasteiger charge is 2.11. The van der Waals surface area contributed by atoms with Crippen molar-refractivity contribution in [3.63, 3.8) is 0 Å². The van der Waals surface area contributed by atoms with E-state index in [4.69, 9.17) is 28.9 Å². The highest BCUT2D eigenvalue weighted by Crippen LogP contribution is 2.30. The third kappa shape index (κ3) is 1.82. The van der Waals surface area contributed by atoms with E-state index in [1.54, 1.807) is 18.2 Å². The minimum Gasteiger partial charge on any atom is -0.383 e. The molecule has 3 rings (SSSR count). The Morgan fingerprint density at radius 1 is 1.06 bits per heavy atom. The van der Waals surface area contributed by atoms with Crippen LogP contribution in [0.5, 0.6) is 0 Å². The first-order valence-electron chi connectivity index (χ1n) is 5.34. The van der Waals surface area contributed by atoms with Crippen LogP contribution in [0.1, 0.15) is 0 Å². The Kier molecular flexibility index (Phi) is 2.65. The summed E-state index contributed by atoms with van der Waals surface area (Å²) in [5.74, 6) is 0.573. The van der Waals surface area contributed by atoms with E-state index in [9.17, 15) is 0 Å². The van der Waals surface area contributed by atoms with Crippen molar-refractivity contribution in [1.29, 1.82) is 0 Å². The number of imidazole rings is 1. The second-order valence-electron chi connectivity index (χ2n) is 3.93. The normalized spacial score (nSPS) is 11.0. The van der Waals surface area contributed by atoms with E-state index in [0.29, 0.717) is 21.6 Å². The van der Waals surface area contributed by atoms with Crippen molar-refractivity contribution in [1.82, 2.24) is 9.38 Å². The fraction of sp³-hybridized carbons (Fsp3) is 0. The van der Waals surface area contributed by atoms with E-state index in [2.05, 4.69) is 4.98 Å². The lowest BCUT2D eigenvalue weighted by molar-refractivity contribution is 1.20. The van der Waals surface area contributed by atoms with Gasteiger partial charge in [-0.15, -0.1) is 0 Å². The lowest BCUT2D eigenvalue weighted by Crippen LogP contribution is -1.93. The quantitative estimate of drug-likeness (QED) is 0.733. The van der Waals surface area contributed by atoms with Crippen molar-refractivity contribution in [2.75, 3.05) is 5.73 Å². The predicted molar refractivity (Wildman–Crippen MR) is 75.1 cm³/mol. The van der Waals surface area contributed by atoms with E-state index >= 15 is 0 Å². The van der Waals surface area contributed by atoms with Gasteiger partial charge in [0.05, 0.1) is 0 Å². The van der Waals surface area contributed by atoms with Crippen LogP contribution in [0, 0.1) is 0 Å². The van der Waals surface area contributed by atoms with Crippen molar-refractivity contribution < 1.29 is 0 Å². The number of nitrogens with two attached hydrogens (primary N) is 1. The molecule has 1 aromatic carbocycles. The fourth-order valence-electron chi connectivity index (χ4n) is 1.92. The molecule has 0 amide bonds. The molecular weight excluding hydrogens is 269 g/mol. The topological polar surface area (TPSA) is 43.3 Å². The van der Waals surface area contributed by atoms with Gasteiger partial charge < -0.3 is 5.73 Å². The van der Waals surface area contributed by atoms with Crippen LogP contribution < -0.4 is 5.73 Å². The third-order valence-corrected chi connectivity index (χ3v) is 3.14. The molecule has 3 nitrogen and oxygen atoms in total. The zero-order valence-corrected chi connectivity index (χ0v) is 10.8. The molecule has 0 unspecified atom stereocenters. The Morgan fingerprint density at radius 3 is 2.44 bits per heavy atom. The summed E-state index contributed by atoms with van der Waals surface area (Å²) in [5, 5.41) is 1.13. The van der Waals surface area contributed by atoms with E-state index in [1.807, 2.05) is 28.8 Å². The molecule has 0 radical (unpaired) electrons. The summed E-state index contributed by atoms with van der Waals surface area (Å²) >= 11 is 12.0. The minimum absolute atomic E-state index is 0.564. The average Bonchev–Trinajstić information content (AvgIpc) is 2.66. The van der Waals surface area contributed by atoms with Crippen molar-refractivity contribution in [2.24, 2.45) is 0 Å². The van der Waals surface area contributed by atoms with E-state index in [0.717, 1.165) is 11.2 Å². The number of rotatable bonds is 1. The summed E-state index contributed by atoms with van der Waals surface area (Å²) in [6, 6.07) is 11.0. The molecule has 0 aliphatic rings. The van der Waals surface area contributed by atoms with Crippen molar-refractivity contribution >= 4 is 34.7 Å². The first-order chi connectivity index (χ1) is 8.65. The molecular formula is C13H9Cl2N3. The highest BCUT2D eigenvalue weighted by molar-refractivity contribution is 6.35. The summed E-state index contributed by atoms with van der Waals surface area (Å²) in [4.78, 5) is 4.49. The van der Waals surface area contributed by atoms with Gasteiger partial charge in [-0.2, -0.15) is 0 Å². The molecule has 0 bridgehead atoms. The number of nitrogens with zero attached hydrogens (tertiary/aromatic N) is 2. The number of hydrogen-bond acceptors (Lipinski definition) is 2. The van der Waals surface area contributed by atoms with Gasteiger partial charge in [0.15, 0.2) is 0 Å². The SMILES string of the molecule is Nc1c(-c2cc(Cl)cc(Cl)c2)nc2ccccn12. The minimum atomic E-state index is 0.564. The summed E-state index contributed by atoms with van der Waals surface area (Å²) in [5.41, 5.74) is 8.38. The molecule has 0 aliphatic heterocycles. The Balaban J connectivity index is 2.28. The maximum atomic E-state index is 6.09. The molecule has 2 aromatic heterocycles. The van der Waals surface area contributed by atoms with Crippen LogP contribution in [0.2, 0.25) is 10.0 Å². The van der Waals surface area contributed by atoms with Crippen LogP contribution in [-0.2, 0) is 0 Å². The van der Waals surface area contributed by atoms with Crippen molar-refractivity contribution in [3.8, 4) is 11.3 Å². The van der Waals surface area contributed by atoms with Gasteiger partial charge in [-0.1, -0.05) is 29.3 Å². The second-order valence-corrected chi connectivity index (χ2v) is 4.81. The van der Waals surface area contributed by atoms with Gasteiger partial charge in [-0.05, 0) is 30.3 Å². The molecule has 18 heavy (non-hydrogen) atoms. The molecule has 0 saturated carbocycles. The van der Waals surface area contributed by atoms with Gasteiger partial charge in [0.1, 0.15) is 17.2 Å². The van der Waals surface area contributed by atoms with Crippen LogP contribution in [-0.4, -0.2) is 9.38 Å². The standard InChI is InChI=1S/C13H9Cl2N3/c14-9-5-8(6-10(15)7-9)12-13(16)18-4-2-1-3-11(18)17-12/h1-7H,16H2. The molecule has 0 atom stereocenters. The van der Waals surface area contributed by atoms with Gasteiger partial charge in [0, 0.05) is 21.8 Å². The first kappa shape index (κ1) is 11.4. The van der Waals surface area contributed by atoms with Crippen LogP contribution in [0.3, 0.4) is 0 Å². The summed E-state index contributed by atoms with van der Waals surface area (Å²) in [6.45, 7) is 0. The lowest BCUT2D eigenvalue weighted by Gasteiger charge is -2.01. The third-order valence-electron chi connectivity index (χ3n) is 2.70. The molecule has 2 heterocycles. The summed E-state index contributed by atoms with van der Waals surface area (Å²) in [7, 11) is 0. The number of fused-ring (bicyclic) bond motifs is 1. The van der Waals surface area contributed by atoms with E-state index in [1.165, 1.54) is 0 Å². The Morgan fingerprint density at radius 2 is 1.78 bits per heavy atom. The van der Waals surface area contributed by atoms with Gasteiger partial charge in [-0.3, -0.25) is 4.40 Å². The summed E-state index contributed by atoms with van der Waals surface area (Å²) < 4.78 is 1.82. The highest BCUT2D eigenvalue weighted by atomic mass is 35.5. The van der Waals surface area contributed by atoms with Crippen LogP contribution >= 0.6 is 23.2 Å². The van der Waals surface area contributed by atoms with Gasteiger partial charge in [0.2, 0.25) is 0 Å². The van der Waals surface area contributed by atoms with Crippen LogP contribution in [0.25, 0.3) is 16.9 Å². The molecule has 90 valence electrons. The number of hydrogen-bond donors (Lipinski definition) is 1. The van der Waals surface area contributed by atoms with Crippen LogP contribution in [0.15, 0.2) is 42.6 Å². The van der Waals surface area contributed by atoms with Crippen molar-refractivity contribution in [2.45, 2.75) is 0 Å². The molecule has 0 saturated heterocycles. The Labute approximate surface area is 114 Å². The van der Waals surface area contributed by atoms with E-state index < -0.39 is 0 Å². The maximum Gasteiger partial charge on any atom is 0.139 e. The number of nitrogen functional groups attached to an aromatic ring is 1. The molecule has 0 aliphatic carbocycles. The molecule has 0 fully saturated rings. The smallest absolute Gasteiger partial charge is 0.139 e. The van der Waals surface area contributed by atoms with Gasteiger partial charge in [-0.25, -0.2) is 4.98 Å². The first-order valence-corrected chi connectivity index (χ1v) is 6.10. The van der Waals surface area contributed by atoms with Crippen molar-refractivity contribution in [3.05, 3.63) is 52.6 Å². The Hall–Kier alpha value is -1.71. The molecule has 3 aromatic rings. The molecule has 5 heteroatoms. The zero-order chi connectivity index (χ0) is 12.7. The average molecular weight is 278 g/mol. The van der Waals surface area contributed by atoms with Gasteiger partial charge >= 0.3 is 0 Å². The monoisotopic (exact) mass is 277 g/mol. The number of pyridine rings is 1.